The molecule has 0 heterocycles. The SMILES string of the molecule is CC/C=C\C/C=C\C/C=C\C/C=C\C/C=C\C=C/C(O)CCC(=O)O[C@H](COC(=O)CCCCCCC/C=C\C/C=C\CCCCC)COP(=O)([O-])OCC[N+](C)(C)C. The maximum absolute atomic E-state index is 12.7. The molecule has 0 spiro atoms. The van der Waals surface area contributed by atoms with E-state index in [1.165, 1.54) is 19.3 Å². The van der Waals surface area contributed by atoms with Crippen molar-refractivity contribution in [2.24, 2.45) is 0 Å². The summed E-state index contributed by atoms with van der Waals surface area (Å²) in [4.78, 5) is 37.6. The third-order valence-electron chi connectivity index (χ3n) is 8.71. The molecule has 10 nitrogen and oxygen atoms in total. The molecule has 0 saturated heterocycles. The summed E-state index contributed by atoms with van der Waals surface area (Å²) in [6, 6.07) is 0. The molecule has 336 valence electrons. The first-order chi connectivity index (χ1) is 28.4. The molecule has 1 N–H and O–H groups in total. The van der Waals surface area contributed by atoms with Gasteiger partial charge in [-0.2, -0.15) is 0 Å². The molecule has 0 saturated carbocycles. The Kier molecular flexibility index (Phi) is 37.0. The number of carbonyl (C=O) groups is 2. The van der Waals surface area contributed by atoms with Crippen molar-refractivity contribution in [1.29, 1.82) is 0 Å². The Labute approximate surface area is 358 Å². The van der Waals surface area contributed by atoms with E-state index in [2.05, 4.69) is 86.8 Å². The van der Waals surface area contributed by atoms with E-state index >= 15 is 0 Å². The molecule has 11 heteroatoms. The highest BCUT2D eigenvalue weighted by atomic mass is 31.2. The molecule has 0 bridgehead atoms. The number of nitrogens with zero attached hydrogens (tertiary/aromatic N) is 1. The summed E-state index contributed by atoms with van der Waals surface area (Å²) in [6.45, 7) is 3.76. The first-order valence-corrected chi connectivity index (χ1v) is 23.5. The van der Waals surface area contributed by atoms with Gasteiger partial charge in [-0.15, -0.1) is 0 Å². The molecule has 0 rings (SSSR count). The molecule has 0 radical (unpaired) electrons. The number of hydrogen-bond donors (Lipinski definition) is 1. The van der Waals surface area contributed by atoms with Gasteiger partial charge in [0.1, 0.15) is 19.8 Å². The summed E-state index contributed by atoms with van der Waals surface area (Å²) >= 11 is 0. The van der Waals surface area contributed by atoms with Crippen molar-refractivity contribution in [3.8, 4) is 0 Å². The van der Waals surface area contributed by atoms with Crippen molar-refractivity contribution in [3.63, 3.8) is 0 Å². The van der Waals surface area contributed by atoms with Gasteiger partial charge in [0.05, 0.1) is 33.9 Å². The first-order valence-electron chi connectivity index (χ1n) is 22.1. The lowest BCUT2D eigenvalue weighted by Gasteiger charge is -2.28. The minimum atomic E-state index is -4.70. The van der Waals surface area contributed by atoms with E-state index in [1.54, 1.807) is 12.2 Å². The smallest absolute Gasteiger partial charge is 0.306 e. The molecule has 59 heavy (non-hydrogen) atoms. The van der Waals surface area contributed by atoms with Crippen LogP contribution in [-0.2, 0) is 32.7 Å². The monoisotopic (exact) mass is 846 g/mol. The Morgan fingerprint density at radius 2 is 1.19 bits per heavy atom. The summed E-state index contributed by atoms with van der Waals surface area (Å²) in [5, 5.41) is 10.4. The quantitative estimate of drug-likeness (QED) is 0.0161. The van der Waals surface area contributed by atoms with Gasteiger partial charge in [0.25, 0.3) is 7.82 Å². The van der Waals surface area contributed by atoms with Crippen LogP contribution in [0.5, 0.6) is 0 Å². The third-order valence-corrected chi connectivity index (χ3v) is 9.67. The van der Waals surface area contributed by atoms with Crippen LogP contribution >= 0.6 is 7.82 Å². The number of unbranched alkanes of at least 4 members (excludes halogenated alkanes) is 8. The number of carbonyl (C=O) groups excluding carboxylic acids is 2. The summed E-state index contributed by atoms with van der Waals surface area (Å²) in [6.07, 6.45) is 47.6. The number of ether oxygens (including phenoxy) is 2. The van der Waals surface area contributed by atoms with Crippen molar-refractivity contribution < 1.29 is 47.2 Å². The minimum Gasteiger partial charge on any atom is -0.756 e. The van der Waals surface area contributed by atoms with Crippen molar-refractivity contribution in [2.45, 2.75) is 148 Å². The lowest BCUT2D eigenvalue weighted by molar-refractivity contribution is -0.870. The maximum Gasteiger partial charge on any atom is 0.306 e. The van der Waals surface area contributed by atoms with Crippen LogP contribution in [-0.4, -0.2) is 81.2 Å². The Balaban J connectivity index is 4.65. The lowest BCUT2D eigenvalue weighted by Crippen LogP contribution is -2.37. The molecular formula is C48H80NO9P. The zero-order valence-corrected chi connectivity index (χ0v) is 38.2. The fraction of sp³-hybridized carbons (Fsp3) is 0.625. The lowest BCUT2D eigenvalue weighted by atomic mass is 10.1. The van der Waals surface area contributed by atoms with Crippen LogP contribution in [0.2, 0.25) is 0 Å². The van der Waals surface area contributed by atoms with Gasteiger partial charge < -0.3 is 33.0 Å². The highest BCUT2D eigenvalue weighted by Gasteiger charge is 2.22. The number of likely N-dealkylation sites (N-methyl/N-ethyl adjacent to an activating group) is 1. The van der Waals surface area contributed by atoms with E-state index < -0.39 is 38.6 Å². The largest absolute Gasteiger partial charge is 0.756 e. The maximum atomic E-state index is 12.7. The van der Waals surface area contributed by atoms with Crippen LogP contribution in [0.25, 0.3) is 0 Å². The molecule has 0 aromatic heterocycles. The van der Waals surface area contributed by atoms with E-state index in [9.17, 15) is 24.2 Å². The molecule has 0 aromatic rings. The molecule has 2 unspecified atom stereocenters. The topological polar surface area (TPSA) is 131 Å². The van der Waals surface area contributed by atoms with Crippen molar-refractivity contribution in [2.75, 3.05) is 47.5 Å². The molecule has 0 aliphatic heterocycles. The van der Waals surface area contributed by atoms with Gasteiger partial charge in [-0.3, -0.25) is 14.2 Å². The van der Waals surface area contributed by atoms with Gasteiger partial charge in [-0.1, -0.05) is 143 Å². The summed E-state index contributed by atoms with van der Waals surface area (Å²) in [5.74, 6) is -1.14. The predicted molar refractivity (Wildman–Crippen MR) is 241 cm³/mol. The van der Waals surface area contributed by atoms with Crippen LogP contribution < -0.4 is 4.89 Å². The average Bonchev–Trinajstić information content (AvgIpc) is 3.18. The number of rotatable bonds is 38. The summed E-state index contributed by atoms with van der Waals surface area (Å²) in [7, 11) is 0.996. The third kappa shape index (κ3) is 42.8. The molecule has 0 aromatic carbocycles. The Morgan fingerprint density at radius 1 is 0.644 bits per heavy atom. The van der Waals surface area contributed by atoms with Crippen molar-refractivity contribution in [1.82, 2.24) is 0 Å². The average molecular weight is 846 g/mol. The molecular weight excluding hydrogens is 766 g/mol. The van der Waals surface area contributed by atoms with E-state index in [1.807, 2.05) is 33.3 Å². The van der Waals surface area contributed by atoms with Crippen LogP contribution in [0.4, 0.5) is 0 Å². The van der Waals surface area contributed by atoms with Crippen LogP contribution in [0, 0.1) is 0 Å². The predicted octanol–water partition coefficient (Wildman–Crippen LogP) is 10.9. The number of aliphatic hydroxyl groups excluding tert-OH is 1. The van der Waals surface area contributed by atoms with Crippen molar-refractivity contribution >= 4 is 19.8 Å². The minimum absolute atomic E-state index is 0.0811. The highest BCUT2D eigenvalue weighted by molar-refractivity contribution is 7.45. The molecule has 3 atom stereocenters. The van der Waals surface area contributed by atoms with Crippen molar-refractivity contribution in [3.05, 3.63) is 97.2 Å². The zero-order chi connectivity index (χ0) is 43.7. The highest BCUT2D eigenvalue weighted by Crippen LogP contribution is 2.38. The van der Waals surface area contributed by atoms with E-state index in [0.29, 0.717) is 17.4 Å². The number of phosphoric ester groups is 1. The van der Waals surface area contributed by atoms with Gasteiger partial charge in [0, 0.05) is 12.8 Å². The van der Waals surface area contributed by atoms with Gasteiger partial charge >= 0.3 is 11.9 Å². The number of allylic oxidation sites excluding steroid dienone is 15. The molecule has 0 fully saturated rings. The van der Waals surface area contributed by atoms with Gasteiger partial charge in [0.15, 0.2) is 6.10 Å². The van der Waals surface area contributed by atoms with Gasteiger partial charge in [0.2, 0.25) is 0 Å². The fourth-order valence-corrected chi connectivity index (χ4v) is 5.93. The van der Waals surface area contributed by atoms with E-state index in [0.717, 1.165) is 77.0 Å². The Hall–Kier alpha value is -3.11. The number of esters is 2. The van der Waals surface area contributed by atoms with Crippen LogP contribution in [0.1, 0.15) is 136 Å². The Morgan fingerprint density at radius 3 is 1.78 bits per heavy atom. The standard InChI is InChI=1S/C48H80NO9P/c1-6-8-10-12-14-16-18-20-22-24-25-27-29-31-33-35-37-45(50)39-40-48(52)58-46(44-57-59(53,54)56-42-41-49(3,4)5)43-55-47(51)38-36-34-32-30-28-26-23-21-19-17-15-13-11-9-7-2/h8,10,14-17,20-23,25,27,31,33,35,37,45-46,50H,6-7,9,11-13,18-19,24,26,28-30,32,34,36,38-44H2,1-5H3/b10-8-,16-14-,17-15-,22-20-,23-21-,27-25-,33-31-,37-35-/t45?,46-/m1/s1. The second-order valence-corrected chi connectivity index (χ2v) is 16.9. The van der Waals surface area contributed by atoms with E-state index in [-0.39, 0.29) is 32.5 Å². The van der Waals surface area contributed by atoms with Crippen LogP contribution in [0.3, 0.4) is 0 Å². The number of quaternary nitrogens is 1. The molecule has 0 aliphatic rings. The Bertz CT molecular complexity index is 1340. The van der Waals surface area contributed by atoms with Crippen LogP contribution in [0.15, 0.2) is 97.2 Å². The first kappa shape index (κ1) is 55.9. The summed E-state index contributed by atoms with van der Waals surface area (Å²) < 4.78 is 33.6. The van der Waals surface area contributed by atoms with Gasteiger partial charge in [-0.25, -0.2) is 0 Å². The molecule has 0 aliphatic carbocycles. The molecule has 0 amide bonds. The van der Waals surface area contributed by atoms with Gasteiger partial charge in [-0.05, 0) is 77.0 Å². The van der Waals surface area contributed by atoms with E-state index in [4.69, 9.17) is 18.5 Å². The second kappa shape index (κ2) is 39.1. The normalized spacial score (nSPS) is 15.0. The number of hydrogen-bond acceptors (Lipinski definition) is 9. The summed E-state index contributed by atoms with van der Waals surface area (Å²) in [5.41, 5.74) is 0. The zero-order valence-electron chi connectivity index (χ0n) is 37.3. The number of aliphatic hydroxyl groups is 1. The number of phosphoric acid groups is 1. The fourth-order valence-electron chi connectivity index (χ4n) is 5.20. The second-order valence-electron chi connectivity index (χ2n) is 15.5.